The van der Waals surface area contributed by atoms with Crippen molar-refractivity contribution >= 4 is 30.0 Å². The van der Waals surface area contributed by atoms with Crippen LogP contribution in [0.4, 0.5) is 15.5 Å². The number of nitrogens with zero attached hydrogens (tertiary/aromatic N) is 3. The minimum atomic E-state index is -1.29. The number of rotatable bonds is 13. The SMILES string of the molecule is Cc1ccc(C(OC(=O)NCCN(CC(=O)O)C(=O)Cc2cnc(NC(=O)OC(C)(C)CC#N)[nH]c2=O)c2ccc(C)cc2)cc1. The fourth-order valence-corrected chi connectivity index (χ4v) is 4.19. The van der Waals surface area contributed by atoms with Crippen LogP contribution < -0.4 is 16.2 Å². The van der Waals surface area contributed by atoms with E-state index in [-0.39, 0.29) is 31.0 Å². The number of carbonyl (C=O) groups is 4. The van der Waals surface area contributed by atoms with Crippen LogP contribution in [-0.2, 0) is 25.5 Å². The predicted octanol–water partition coefficient (Wildman–Crippen LogP) is 3.60. The Hall–Kier alpha value is -5.71. The molecule has 0 saturated heterocycles. The number of aromatic amines is 1. The predicted molar refractivity (Wildman–Crippen MR) is 166 cm³/mol. The number of aliphatic carboxylic acids is 1. The number of H-pyrrole nitrogens is 1. The van der Waals surface area contributed by atoms with Gasteiger partial charge in [0, 0.05) is 24.8 Å². The summed E-state index contributed by atoms with van der Waals surface area (Å²) in [6.45, 7) is 5.97. The van der Waals surface area contributed by atoms with Crippen molar-refractivity contribution in [3.05, 3.63) is 92.9 Å². The molecule has 242 valence electrons. The Labute approximate surface area is 265 Å². The lowest BCUT2D eigenvalue weighted by atomic mass is 9.99. The molecule has 3 amide bonds. The Kier molecular flexibility index (Phi) is 12.0. The third-order valence-electron chi connectivity index (χ3n) is 6.62. The van der Waals surface area contributed by atoms with Crippen LogP contribution in [0.3, 0.4) is 0 Å². The fourth-order valence-electron chi connectivity index (χ4n) is 4.19. The Balaban J connectivity index is 1.61. The highest BCUT2D eigenvalue weighted by Gasteiger charge is 2.24. The van der Waals surface area contributed by atoms with E-state index in [1.54, 1.807) is 0 Å². The number of amides is 3. The lowest BCUT2D eigenvalue weighted by Gasteiger charge is -2.22. The average Bonchev–Trinajstić information content (AvgIpc) is 2.97. The Bertz CT molecular complexity index is 1600. The molecule has 0 unspecified atom stereocenters. The van der Waals surface area contributed by atoms with Gasteiger partial charge in [-0.1, -0.05) is 59.7 Å². The van der Waals surface area contributed by atoms with Crippen LogP contribution >= 0.6 is 0 Å². The van der Waals surface area contributed by atoms with Crippen LogP contribution in [0.2, 0.25) is 0 Å². The van der Waals surface area contributed by atoms with Gasteiger partial charge >= 0.3 is 18.2 Å². The maximum absolute atomic E-state index is 13.0. The van der Waals surface area contributed by atoms with E-state index in [0.29, 0.717) is 0 Å². The second-order valence-electron chi connectivity index (χ2n) is 11.1. The topological polar surface area (TPSA) is 204 Å². The van der Waals surface area contributed by atoms with E-state index in [4.69, 9.17) is 14.7 Å². The minimum Gasteiger partial charge on any atom is -0.480 e. The van der Waals surface area contributed by atoms with Crippen molar-refractivity contribution in [2.75, 3.05) is 25.0 Å². The van der Waals surface area contributed by atoms with Crippen molar-refractivity contribution in [1.29, 1.82) is 5.26 Å². The summed E-state index contributed by atoms with van der Waals surface area (Å²) in [6.07, 6.45) is -1.92. The Morgan fingerprint density at radius 3 is 2.13 bits per heavy atom. The van der Waals surface area contributed by atoms with Gasteiger partial charge in [0.1, 0.15) is 12.1 Å². The maximum atomic E-state index is 13.0. The molecule has 14 nitrogen and oxygen atoms in total. The normalized spacial score (nSPS) is 10.9. The molecule has 0 spiro atoms. The first-order chi connectivity index (χ1) is 21.8. The van der Waals surface area contributed by atoms with Gasteiger partial charge in [0.15, 0.2) is 6.10 Å². The highest BCUT2D eigenvalue weighted by molar-refractivity contribution is 5.84. The molecule has 3 aromatic rings. The zero-order valence-corrected chi connectivity index (χ0v) is 26.0. The number of ether oxygens (including phenoxy) is 2. The Morgan fingerprint density at radius 1 is 1.02 bits per heavy atom. The molecular formula is C32H36N6O8. The van der Waals surface area contributed by atoms with E-state index < -0.39 is 54.3 Å². The monoisotopic (exact) mass is 632 g/mol. The molecule has 14 heteroatoms. The van der Waals surface area contributed by atoms with Crippen LogP contribution in [0.25, 0.3) is 0 Å². The molecule has 0 saturated carbocycles. The molecule has 0 atom stereocenters. The number of hydrogen-bond acceptors (Lipinski definition) is 9. The summed E-state index contributed by atoms with van der Waals surface area (Å²) in [5.41, 5.74) is 1.69. The summed E-state index contributed by atoms with van der Waals surface area (Å²) in [5.74, 6) is -2.25. The van der Waals surface area contributed by atoms with Gasteiger partial charge in [0.25, 0.3) is 5.56 Å². The number of anilines is 1. The van der Waals surface area contributed by atoms with E-state index in [1.165, 1.54) is 13.8 Å². The van der Waals surface area contributed by atoms with Crippen LogP contribution in [0.5, 0.6) is 0 Å². The summed E-state index contributed by atoms with van der Waals surface area (Å²) >= 11 is 0. The summed E-state index contributed by atoms with van der Waals surface area (Å²) in [5, 5.41) is 23.0. The number of carboxylic acids is 1. The second kappa shape index (κ2) is 15.8. The number of alkyl carbamates (subject to hydrolysis) is 1. The third-order valence-corrected chi connectivity index (χ3v) is 6.62. The number of nitrogens with one attached hydrogen (secondary N) is 3. The quantitative estimate of drug-likeness (QED) is 0.215. The van der Waals surface area contributed by atoms with Crippen LogP contribution in [0, 0.1) is 25.2 Å². The highest BCUT2D eigenvalue weighted by atomic mass is 16.6. The molecule has 0 radical (unpaired) electrons. The van der Waals surface area contributed by atoms with Crippen molar-refractivity contribution < 1.29 is 33.8 Å². The fraction of sp³-hybridized carbons (Fsp3) is 0.344. The molecular weight excluding hydrogens is 596 g/mol. The molecule has 0 fully saturated rings. The van der Waals surface area contributed by atoms with Crippen molar-refractivity contribution in [1.82, 2.24) is 20.2 Å². The molecule has 1 heterocycles. The molecule has 2 aromatic carbocycles. The van der Waals surface area contributed by atoms with E-state index in [0.717, 1.165) is 33.4 Å². The molecule has 0 aliphatic heterocycles. The van der Waals surface area contributed by atoms with Gasteiger partial charge in [0.2, 0.25) is 11.9 Å². The number of carbonyl (C=O) groups excluding carboxylic acids is 3. The van der Waals surface area contributed by atoms with Crippen LogP contribution in [0.1, 0.15) is 54.2 Å². The molecule has 1 aromatic heterocycles. The summed E-state index contributed by atoms with van der Waals surface area (Å²) in [7, 11) is 0. The smallest absolute Gasteiger partial charge is 0.414 e. The van der Waals surface area contributed by atoms with E-state index in [1.807, 2.05) is 68.4 Å². The molecule has 0 aliphatic rings. The van der Waals surface area contributed by atoms with E-state index >= 15 is 0 Å². The van der Waals surface area contributed by atoms with Gasteiger partial charge in [0.05, 0.1) is 18.9 Å². The van der Waals surface area contributed by atoms with Gasteiger partial charge in [-0.3, -0.25) is 24.7 Å². The first-order valence-corrected chi connectivity index (χ1v) is 14.3. The minimum absolute atomic E-state index is 0.0592. The first-order valence-electron chi connectivity index (χ1n) is 14.3. The van der Waals surface area contributed by atoms with Crippen LogP contribution in [-0.4, -0.2) is 69.3 Å². The van der Waals surface area contributed by atoms with Gasteiger partial charge < -0.3 is 24.8 Å². The number of carboxylic acid groups (broad SMARTS) is 1. The largest absolute Gasteiger partial charge is 0.480 e. The van der Waals surface area contributed by atoms with Crippen molar-refractivity contribution in [2.45, 2.75) is 52.2 Å². The number of aromatic nitrogens is 2. The standard InChI is InChI=1S/C32H36N6O8/c1-20-5-9-22(10-6-20)27(23-11-7-21(2)8-12-23)45-30(43)34-15-16-38(19-26(40)41)25(39)17-24-18-35-29(36-28(24)42)37-31(44)46-32(3,4)13-14-33/h5-12,18,27H,13,15-17,19H2,1-4H3,(H,34,43)(H,40,41)(H2,35,36,37,42,44). The number of hydrogen-bond donors (Lipinski definition) is 4. The lowest BCUT2D eigenvalue weighted by Crippen LogP contribution is -2.42. The molecule has 4 N–H and O–H groups in total. The zero-order chi connectivity index (χ0) is 33.9. The Morgan fingerprint density at radius 2 is 1.61 bits per heavy atom. The third kappa shape index (κ3) is 10.8. The number of benzene rings is 2. The van der Waals surface area contributed by atoms with Crippen molar-refractivity contribution in [2.24, 2.45) is 0 Å². The van der Waals surface area contributed by atoms with Gasteiger partial charge in [-0.15, -0.1) is 0 Å². The van der Waals surface area contributed by atoms with E-state index in [2.05, 4.69) is 20.6 Å². The van der Waals surface area contributed by atoms with Crippen molar-refractivity contribution in [3.63, 3.8) is 0 Å². The summed E-state index contributed by atoms with van der Waals surface area (Å²) < 4.78 is 10.9. The summed E-state index contributed by atoms with van der Waals surface area (Å²) in [4.78, 5) is 69.1. The van der Waals surface area contributed by atoms with Gasteiger partial charge in [-0.05, 0) is 38.8 Å². The van der Waals surface area contributed by atoms with Gasteiger partial charge in [-0.2, -0.15) is 5.26 Å². The number of nitriles is 1. The van der Waals surface area contributed by atoms with E-state index in [9.17, 15) is 29.1 Å². The molecule has 0 bridgehead atoms. The molecule has 3 rings (SSSR count). The summed E-state index contributed by atoms with van der Waals surface area (Å²) in [6, 6.07) is 17.0. The number of aryl methyl sites for hydroxylation is 2. The maximum Gasteiger partial charge on any atom is 0.414 e. The van der Waals surface area contributed by atoms with Crippen molar-refractivity contribution in [3.8, 4) is 6.07 Å². The lowest BCUT2D eigenvalue weighted by molar-refractivity contribution is -0.144. The van der Waals surface area contributed by atoms with Crippen LogP contribution in [0.15, 0.2) is 59.5 Å². The average molecular weight is 633 g/mol. The first kappa shape index (κ1) is 34.8. The zero-order valence-electron chi connectivity index (χ0n) is 26.0. The highest BCUT2D eigenvalue weighted by Crippen LogP contribution is 2.27. The molecule has 0 aliphatic carbocycles. The van der Waals surface area contributed by atoms with Gasteiger partial charge in [-0.25, -0.2) is 14.6 Å². The second-order valence-corrected chi connectivity index (χ2v) is 11.1. The molecule has 46 heavy (non-hydrogen) atoms.